The highest BCUT2D eigenvalue weighted by atomic mass is 16.5. The van der Waals surface area contributed by atoms with Crippen LogP contribution >= 0.6 is 0 Å². The standard InChI is InChI=1S/C23H30N2O4/c1-27-20-9-5-4-7-17(20)12-13-24-23(26)16-25-14-6-8-19(25)18-10-11-21(28-2)22(15-18)29-3/h4-5,7,9-11,15,19H,6,8,12-14,16H2,1-3H3,(H,24,26). The van der Waals surface area contributed by atoms with Gasteiger partial charge in [-0.05, 0) is 55.1 Å². The number of para-hydroxylation sites is 1. The first-order chi connectivity index (χ1) is 14.2. The zero-order chi connectivity index (χ0) is 20.6. The molecule has 0 aliphatic carbocycles. The van der Waals surface area contributed by atoms with E-state index in [1.54, 1.807) is 21.3 Å². The lowest BCUT2D eigenvalue weighted by atomic mass is 10.0. The summed E-state index contributed by atoms with van der Waals surface area (Å²) >= 11 is 0. The second-order valence-electron chi connectivity index (χ2n) is 7.15. The van der Waals surface area contributed by atoms with Crippen LogP contribution in [0.2, 0.25) is 0 Å². The fourth-order valence-electron chi connectivity index (χ4n) is 3.94. The molecule has 1 unspecified atom stereocenters. The van der Waals surface area contributed by atoms with Gasteiger partial charge in [0.25, 0.3) is 0 Å². The van der Waals surface area contributed by atoms with Crippen molar-refractivity contribution in [2.45, 2.75) is 25.3 Å². The van der Waals surface area contributed by atoms with Crippen LogP contribution in [0.25, 0.3) is 0 Å². The van der Waals surface area contributed by atoms with Gasteiger partial charge in [0.15, 0.2) is 11.5 Å². The summed E-state index contributed by atoms with van der Waals surface area (Å²) in [4.78, 5) is 14.8. The topological polar surface area (TPSA) is 60.0 Å². The molecule has 3 rings (SSSR count). The van der Waals surface area contributed by atoms with E-state index in [-0.39, 0.29) is 11.9 Å². The molecular weight excluding hydrogens is 368 g/mol. The number of likely N-dealkylation sites (tertiary alicyclic amines) is 1. The summed E-state index contributed by atoms with van der Waals surface area (Å²) in [7, 11) is 4.94. The molecule has 1 N–H and O–H groups in total. The van der Waals surface area contributed by atoms with Gasteiger partial charge >= 0.3 is 0 Å². The lowest BCUT2D eigenvalue weighted by Crippen LogP contribution is -2.37. The van der Waals surface area contributed by atoms with E-state index in [1.807, 2.05) is 36.4 Å². The Bertz CT molecular complexity index is 824. The van der Waals surface area contributed by atoms with Crippen LogP contribution in [0.4, 0.5) is 0 Å². The van der Waals surface area contributed by atoms with Crippen LogP contribution in [0.15, 0.2) is 42.5 Å². The predicted octanol–water partition coefficient (Wildman–Crippen LogP) is 3.21. The summed E-state index contributed by atoms with van der Waals surface area (Å²) in [5.74, 6) is 2.34. The first-order valence-corrected chi connectivity index (χ1v) is 10.0. The van der Waals surface area contributed by atoms with Crippen LogP contribution in [-0.4, -0.2) is 51.8 Å². The molecule has 2 aromatic carbocycles. The van der Waals surface area contributed by atoms with E-state index in [2.05, 4.69) is 16.3 Å². The van der Waals surface area contributed by atoms with Crippen LogP contribution in [-0.2, 0) is 11.2 Å². The zero-order valence-corrected chi connectivity index (χ0v) is 17.4. The lowest BCUT2D eigenvalue weighted by molar-refractivity contribution is -0.122. The number of nitrogens with one attached hydrogen (secondary N) is 1. The Morgan fingerprint density at radius 3 is 2.55 bits per heavy atom. The molecule has 0 saturated carbocycles. The van der Waals surface area contributed by atoms with Crippen LogP contribution in [0, 0.1) is 0 Å². The first kappa shape index (κ1) is 21.0. The number of benzene rings is 2. The van der Waals surface area contributed by atoms with E-state index in [1.165, 1.54) is 0 Å². The summed E-state index contributed by atoms with van der Waals surface area (Å²) in [5.41, 5.74) is 2.25. The van der Waals surface area contributed by atoms with Gasteiger partial charge < -0.3 is 19.5 Å². The van der Waals surface area contributed by atoms with Gasteiger partial charge in [0.1, 0.15) is 5.75 Å². The average molecular weight is 399 g/mol. The van der Waals surface area contributed by atoms with Crippen molar-refractivity contribution in [3.63, 3.8) is 0 Å². The maximum absolute atomic E-state index is 12.5. The van der Waals surface area contributed by atoms with Crippen molar-refractivity contribution in [2.24, 2.45) is 0 Å². The van der Waals surface area contributed by atoms with Crippen molar-refractivity contribution in [3.05, 3.63) is 53.6 Å². The Balaban J connectivity index is 1.56. The molecular formula is C23H30N2O4. The fraction of sp³-hybridized carbons (Fsp3) is 0.435. The summed E-state index contributed by atoms with van der Waals surface area (Å²) in [6.45, 7) is 1.90. The molecule has 0 aromatic heterocycles. The van der Waals surface area contributed by atoms with Gasteiger partial charge in [0.2, 0.25) is 5.91 Å². The normalized spacial score (nSPS) is 16.4. The zero-order valence-electron chi connectivity index (χ0n) is 17.4. The SMILES string of the molecule is COc1ccccc1CCNC(=O)CN1CCCC1c1ccc(OC)c(OC)c1. The molecule has 29 heavy (non-hydrogen) atoms. The minimum atomic E-state index is 0.0484. The Morgan fingerprint density at radius 2 is 1.79 bits per heavy atom. The van der Waals surface area contributed by atoms with Gasteiger partial charge in [-0.25, -0.2) is 0 Å². The van der Waals surface area contributed by atoms with Gasteiger partial charge in [-0.2, -0.15) is 0 Å². The molecule has 0 radical (unpaired) electrons. The Kier molecular flexibility index (Phi) is 7.36. The molecule has 1 aliphatic heterocycles. The predicted molar refractivity (Wildman–Crippen MR) is 113 cm³/mol. The number of methoxy groups -OCH3 is 3. The number of nitrogens with zero attached hydrogens (tertiary/aromatic N) is 1. The van der Waals surface area contributed by atoms with Gasteiger partial charge in [-0.1, -0.05) is 24.3 Å². The molecule has 1 amide bonds. The van der Waals surface area contributed by atoms with Crippen molar-refractivity contribution in [3.8, 4) is 17.2 Å². The number of hydrogen-bond donors (Lipinski definition) is 1. The fourth-order valence-corrected chi connectivity index (χ4v) is 3.94. The minimum absolute atomic E-state index is 0.0484. The van der Waals surface area contributed by atoms with Crippen LogP contribution in [0.5, 0.6) is 17.2 Å². The second kappa shape index (κ2) is 10.2. The van der Waals surface area contributed by atoms with E-state index in [4.69, 9.17) is 14.2 Å². The summed E-state index contributed by atoms with van der Waals surface area (Å²) in [6.07, 6.45) is 2.85. The van der Waals surface area contributed by atoms with Crippen molar-refractivity contribution in [2.75, 3.05) is 41.0 Å². The van der Waals surface area contributed by atoms with Gasteiger partial charge in [-0.3, -0.25) is 9.69 Å². The Morgan fingerprint density at radius 1 is 1.03 bits per heavy atom. The molecule has 1 saturated heterocycles. The first-order valence-electron chi connectivity index (χ1n) is 10.0. The molecule has 0 bridgehead atoms. The van der Waals surface area contributed by atoms with E-state index >= 15 is 0 Å². The number of hydrogen-bond acceptors (Lipinski definition) is 5. The molecule has 1 fully saturated rings. The molecule has 1 atom stereocenters. The average Bonchev–Trinajstić information content (AvgIpc) is 3.21. The molecule has 1 heterocycles. The number of rotatable bonds is 9. The maximum Gasteiger partial charge on any atom is 0.234 e. The highest BCUT2D eigenvalue weighted by Gasteiger charge is 2.28. The number of ether oxygens (including phenoxy) is 3. The number of carbonyl (C=O) groups is 1. The molecule has 156 valence electrons. The summed E-state index contributed by atoms with van der Waals surface area (Å²) in [5, 5.41) is 3.04. The lowest BCUT2D eigenvalue weighted by Gasteiger charge is -2.25. The highest BCUT2D eigenvalue weighted by molar-refractivity contribution is 5.78. The van der Waals surface area contributed by atoms with Gasteiger partial charge in [0, 0.05) is 12.6 Å². The van der Waals surface area contributed by atoms with Crippen LogP contribution in [0.3, 0.4) is 0 Å². The van der Waals surface area contributed by atoms with E-state index in [0.29, 0.717) is 13.1 Å². The largest absolute Gasteiger partial charge is 0.496 e. The highest BCUT2D eigenvalue weighted by Crippen LogP contribution is 2.36. The van der Waals surface area contributed by atoms with Gasteiger partial charge in [-0.15, -0.1) is 0 Å². The molecule has 2 aromatic rings. The van der Waals surface area contributed by atoms with Crippen LogP contribution in [0.1, 0.15) is 30.0 Å². The van der Waals surface area contributed by atoms with Gasteiger partial charge in [0.05, 0.1) is 27.9 Å². The third-order valence-corrected chi connectivity index (χ3v) is 5.41. The summed E-state index contributed by atoms with van der Waals surface area (Å²) in [6, 6.07) is 14.1. The van der Waals surface area contributed by atoms with E-state index in [9.17, 15) is 4.79 Å². The smallest absolute Gasteiger partial charge is 0.234 e. The third kappa shape index (κ3) is 5.21. The van der Waals surface area contributed by atoms with Crippen LogP contribution < -0.4 is 19.5 Å². The van der Waals surface area contributed by atoms with Crippen molar-refractivity contribution in [1.29, 1.82) is 0 Å². The minimum Gasteiger partial charge on any atom is -0.496 e. The van der Waals surface area contributed by atoms with E-state index < -0.39 is 0 Å². The van der Waals surface area contributed by atoms with Crippen molar-refractivity contribution < 1.29 is 19.0 Å². The third-order valence-electron chi connectivity index (χ3n) is 5.41. The molecule has 0 spiro atoms. The number of carbonyl (C=O) groups excluding carboxylic acids is 1. The Labute approximate surface area is 172 Å². The second-order valence-corrected chi connectivity index (χ2v) is 7.15. The number of amides is 1. The molecule has 6 heteroatoms. The van der Waals surface area contributed by atoms with Crippen molar-refractivity contribution in [1.82, 2.24) is 10.2 Å². The summed E-state index contributed by atoms with van der Waals surface area (Å²) < 4.78 is 16.1. The molecule has 6 nitrogen and oxygen atoms in total. The van der Waals surface area contributed by atoms with E-state index in [0.717, 1.165) is 54.2 Å². The quantitative estimate of drug-likeness (QED) is 0.703. The van der Waals surface area contributed by atoms with Crippen molar-refractivity contribution >= 4 is 5.91 Å². The molecule has 1 aliphatic rings. The maximum atomic E-state index is 12.5. The Hall–Kier alpha value is -2.73. The monoisotopic (exact) mass is 398 g/mol.